The molecule has 0 spiro atoms. The number of morpholine rings is 1. The lowest BCUT2D eigenvalue weighted by molar-refractivity contribution is 0.0730. The van der Waals surface area contributed by atoms with Crippen LogP contribution >= 0.6 is 0 Å². The van der Waals surface area contributed by atoms with Gasteiger partial charge in [-0.1, -0.05) is 0 Å². The summed E-state index contributed by atoms with van der Waals surface area (Å²) in [4.78, 5) is 0.307. The highest BCUT2D eigenvalue weighted by molar-refractivity contribution is 7.89. The van der Waals surface area contributed by atoms with Gasteiger partial charge in [-0.15, -0.1) is 0 Å². The average molecular weight is 259 g/mol. The SMILES string of the molecule is CCn1cc(S(=O)(=O)N2CCOCC2)c(C)n1. The Morgan fingerprint density at radius 2 is 2.06 bits per heavy atom. The summed E-state index contributed by atoms with van der Waals surface area (Å²) in [5.41, 5.74) is 0.554. The highest BCUT2D eigenvalue weighted by Gasteiger charge is 2.29. The largest absolute Gasteiger partial charge is 0.379 e. The van der Waals surface area contributed by atoms with Crippen LogP contribution < -0.4 is 0 Å². The van der Waals surface area contributed by atoms with Crippen LogP contribution in [0, 0.1) is 6.92 Å². The zero-order valence-electron chi connectivity index (χ0n) is 10.1. The lowest BCUT2D eigenvalue weighted by Gasteiger charge is -2.25. The Bertz CT molecular complexity index is 489. The van der Waals surface area contributed by atoms with Crippen molar-refractivity contribution in [3.05, 3.63) is 11.9 Å². The Labute approximate surface area is 101 Å². The minimum atomic E-state index is -3.41. The molecule has 1 aromatic rings. The molecule has 1 saturated heterocycles. The summed E-state index contributed by atoms with van der Waals surface area (Å²) in [6.07, 6.45) is 1.60. The van der Waals surface area contributed by atoms with Crippen molar-refractivity contribution < 1.29 is 13.2 Å². The molecule has 0 atom stereocenters. The van der Waals surface area contributed by atoms with Crippen LogP contribution in [0.4, 0.5) is 0 Å². The van der Waals surface area contributed by atoms with Gasteiger partial charge in [0.15, 0.2) is 0 Å². The first kappa shape index (κ1) is 12.5. The van der Waals surface area contributed by atoms with Crippen LogP contribution in [0.3, 0.4) is 0 Å². The predicted molar refractivity (Wildman–Crippen MR) is 62.2 cm³/mol. The van der Waals surface area contributed by atoms with Gasteiger partial charge in [0.25, 0.3) is 0 Å². The zero-order valence-corrected chi connectivity index (χ0v) is 10.9. The maximum atomic E-state index is 12.4. The normalized spacial score (nSPS) is 18.5. The van der Waals surface area contributed by atoms with Gasteiger partial charge in [-0.05, 0) is 13.8 Å². The van der Waals surface area contributed by atoms with Crippen molar-refractivity contribution >= 4 is 10.0 Å². The molecule has 1 fully saturated rings. The Hall–Kier alpha value is -0.920. The summed E-state index contributed by atoms with van der Waals surface area (Å²) in [6, 6.07) is 0. The van der Waals surface area contributed by atoms with Gasteiger partial charge in [-0.25, -0.2) is 8.42 Å². The van der Waals surface area contributed by atoms with E-state index in [0.29, 0.717) is 43.4 Å². The van der Waals surface area contributed by atoms with Crippen LogP contribution in [0.25, 0.3) is 0 Å². The van der Waals surface area contributed by atoms with E-state index in [1.807, 2.05) is 6.92 Å². The number of nitrogens with zero attached hydrogens (tertiary/aromatic N) is 3. The highest BCUT2D eigenvalue weighted by atomic mass is 32.2. The Balaban J connectivity index is 2.33. The molecule has 0 bridgehead atoms. The van der Waals surface area contributed by atoms with Crippen molar-refractivity contribution in [3.63, 3.8) is 0 Å². The monoisotopic (exact) mass is 259 g/mol. The average Bonchev–Trinajstić information content (AvgIpc) is 2.72. The highest BCUT2D eigenvalue weighted by Crippen LogP contribution is 2.19. The molecule has 0 N–H and O–H groups in total. The molecular formula is C10H17N3O3S. The molecule has 2 rings (SSSR count). The molecule has 7 heteroatoms. The van der Waals surface area contributed by atoms with Gasteiger partial charge in [0.1, 0.15) is 4.90 Å². The van der Waals surface area contributed by atoms with Crippen molar-refractivity contribution in [2.45, 2.75) is 25.3 Å². The minimum Gasteiger partial charge on any atom is -0.379 e. The molecule has 1 aliphatic rings. The van der Waals surface area contributed by atoms with Crippen molar-refractivity contribution in [3.8, 4) is 0 Å². The van der Waals surface area contributed by atoms with E-state index in [2.05, 4.69) is 5.10 Å². The second-order valence-electron chi connectivity index (χ2n) is 3.95. The summed E-state index contributed by atoms with van der Waals surface area (Å²) >= 11 is 0. The third-order valence-electron chi connectivity index (χ3n) is 2.81. The van der Waals surface area contributed by atoms with Crippen LogP contribution in [0.15, 0.2) is 11.1 Å². The molecule has 2 heterocycles. The van der Waals surface area contributed by atoms with Crippen molar-refractivity contribution in [2.24, 2.45) is 0 Å². The van der Waals surface area contributed by atoms with Gasteiger partial charge in [-0.3, -0.25) is 4.68 Å². The fourth-order valence-corrected chi connectivity index (χ4v) is 3.42. The van der Waals surface area contributed by atoms with Crippen LogP contribution in [0.2, 0.25) is 0 Å². The lowest BCUT2D eigenvalue weighted by Crippen LogP contribution is -2.40. The topological polar surface area (TPSA) is 64.4 Å². The van der Waals surface area contributed by atoms with E-state index in [0.717, 1.165) is 0 Å². The third-order valence-corrected chi connectivity index (χ3v) is 4.81. The summed E-state index contributed by atoms with van der Waals surface area (Å²) in [5, 5.41) is 4.17. The molecule has 0 unspecified atom stereocenters. The van der Waals surface area contributed by atoms with Crippen LogP contribution in [-0.4, -0.2) is 48.8 Å². The first-order valence-electron chi connectivity index (χ1n) is 5.67. The number of aromatic nitrogens is 2. The van der Waals surface area contributed by atoms with Crippen LogP contribution in [-0.2, 0) is 21.3 Å². The maximum Gasteiger partial charge on any atom is 0.246 e. The van der Waals surface area contributed by atoms with E-state index >= 15 is 0 Å². The standard InChI is InChI=1S/C10H17N3O3S/c1-3-12-8-10(9(2)11-12)17(14,15)13-4-6-16-7-5-13/h8H,3-7H2,1-2H3. The Kier molecular flexibility index (Phi) is 3.50. The maximum absolute atomic E-state index is 12.4. The summed E-state index contributed by atoms with van der Waals surface area (Å²) in [7, 11) is -3.41. The number of aryl methyl sites for hydroxylation is 2. The first-order valence-corrected chi connectivity index (χ1v) is 7.11. The van der Waals surface area contributed by atoms with E-state index in [1.54, 1.807) is 17.8 Å². The van der Waals surface area contributed by atoms with Gasteiger partial charge in [0.05, 0.1) is 18.9 Å². The van der Waals surface area contributed by atoms with Gasteiger partial charge in [-0.2, -0.15) is 9.40 Å². The fraction of sp³-hybridized carbons (Fsp3) is 0.700. The van der Waals surface area contributed by atoms with Gasteiger partial charge >= 0.3 is 0 Å². The van der Waals surface area contributed by atoms with Crippen LogP contribution in [0.1, 0.15) is 12.6 Å². The second-order valence-corrected chi connectivity index (χ2v) is 5.86. The van der Waals surface area contributed by atoms with Gasteiger partial charge < -0.3 is 4.74 Å². The minimum absolute atomic E-state index is 0.307. The predicted octanol–water partition coefficient (Wildman–Crippen LogP) is 0.232. The van der Waals surface area contributed by atoms with E-state index in [-0.39, 0.29) is 0 Å². The van der Waals surface area contributed by atoms with Crippen LogP contribution in [0.5, 0.6) is 0 Å². The molecule has 0 radical (unpaired) electrons. The second kappa shape index (κ2) is 4.75. The first-order chi connectivity index (χ1) is 8.05. The number of sulfonamides is 1. The number of hydrogen-bond donors (Lipinski definition) is 0. The van der Waals surface area contributed by atoms with E-state index in [9.17, 15) is 8.42 Å². The van der Waals surface area contributed by atoms with E-state index in [4.69, 9.17) is 4.74 Å². The third kappa shape index (κ3) is 2.36. The van der Waals surface area contributed by atoms with E-state index in [1.165, 1.54) is 4.31 Å². The molecule has 0 aliphatic carbocycles. The van der Waals surface area contributed by atoms with Gasteiger partial charge in [0.2, 0.25) is 10.0 Å². The van der Waals surface area contributed by atoms with Crippen molar-refractivity contribution in [1.29, 1.82) is 0 Å². The van der Waals surface area contributed by atoms with Crippen molar-refractivity contribution in [2.75, 3.05) is 26.3 Å². The fourth-order valence-electron chi connectivity index (χ4n) is 1.84. The Morgan fingerprint density at radius 3 is 2.59 bits per heavy atom. The summed E-state index contributed by atoms with van der Waals surface area (Å²) in [5.74, 6) is 0. The lowest BCUT2D eigenvalue weighted by atomic mass is 10.5. The zero-order chi connectivity index (χ0) is 12.5. The number of rotatable bonds is 3. The molecular weight excluding hydrogens is 242 g/mol. The molecule has 96 valence electrons. The number of hydrogen-bond acceptors (Lipinski definition) is 4. The molecule has 0 saturated carbocycles. The smallest absolute Gasteiger partial charge is 0.246 e. The Morgan fingerprint density at radius 1 is 1.41 bits per heavy atom. The van der Waals surface area contributed by atoms with Crippen molar-refractivity contribution in [1.82, 2.24) is 14.1 Å². The summed E-state index contributed by atoms with van der Waals surface area (Å²) < 4.78 is 33.0. The molecule has 0 amide bonds. The summed E-state index contributed by atoms with van der Waals surface area (Å²) in [6.45, 7) is 6.06. The number of ether oxygens (including phenoxy) is 1. The molecule has 1 aromatic heterocycles. The molecule has 17 heavy (non-hydrogen) atoms. The van der Waals surface area contributed by atoms with E-state index < -0.39 is 10.0 Å². The molecule has 6 nitrogen and oxygen atoms in total. The molecule has 1 aliphatic heterocycles. The van der Waals surface area contributed by atoms with Gasteiger partial charge in [0, 0.05) is 25.8 Å². The quantitative estimate of drug-likeness (QED) is 0.779. The molecule has 0 aromatic carbocycles.